The van der Waals surface area contributed by atoms with Crippen molar-refractivity contribution in [2.24, 2.45) is 5.41 Å². The topological polar surface area (TPSA) is 41.6 Å². The van der Waals surface area contributed by atoms with Crippen LogP contribution >= 0.6 is 0 Å². The minimum Gasteiger partial charge on any atom is -0.369 e. The van der Waals surface area contributed by atoms with Gasteiger partial charge in [0.1, 0.15) is 0 Å². The van der Waals surface area contributed by atoms with E-state index in [0.717, 1.165) is 19.4 Å². The van der Waals surface area contributed by atoms with E-state index in [0.29, 0.717) is 12.5 Å². The van der Waals surface area contributed by atoms with Crippen molar-refractivity contribution in [3.8, 4) is 0 Å². The van der Waals surface area contributed by atoms with Crippen molar-refractivity contribution in [1.82, 2.24) is 5.32 Å². The highest BCUT2D eigenvalue weighted by molar-refractivity contribution is 5.77. The second kappa shape index (κ2) is 2.96. The lowest BCUT2D eigenvalue weighted by molar-refractivity contribution is -0.124. The molecule has 2 rings (SSSR count). The molecule has 14 heavy (non-hydrogen) atoms. The summed E-state index contributed by atoms with van der Waals surface area (Å²) < 4.78 is 5.29. The zero-order valence-electron chi connectivity index (χ0n) is 9.22. The normalized spacial score (nSPS) is 35.2. The first-order valence-corrected chi connectivity index (χ1v) is 5.32. The van der Waals surface area contributed by atoms with E-state index in [-0.39, 0.29) is 16.9 Å². The van der Waals surface area contributed by atoms with Crippen molar-refractivity contribution in [3.05, 3.63) is 0 Å². The molecule has 3 heteroatoms. The van der Waals surface area contributed by atoms with Gasteiger partial charge in [-0.1, -0.05) is 20.8 Å². The van der Waals surface area contributed by atoms with Crippen LogP contribution in [0.1, 0.15) is 40.0 Å². The van der Waals surface area contributed by atoms with Gasteiger partial charge in [-0.05, 0) is 18.3 Å². The van der Waals surface area contributed by atoms with E-state index in [1.54, 1.807) is 0 Å². The van der Waals surface area contributed by atoms with Gasteiger partial charge in [0.2, 0.25) is 5.91 Å². The highest BCUT2D eigenvalue weighted by atomic mass is 16.6. The molecule has 1 saturated carbocycles. The Labute approximate surface area is 85.2 Å². The Balaban J connectivity index is 1.68. The zero-order chi connectivity index (χ0) is 10.4. The summed E-state index contributed by atoms with van der Waals surface area (Å²) in [7, 11) is 0. The van der Waals surface area contributed by atoms with E-state index in [4.69, 9.17) is 4.74 Å². The van der Waals surface area contributed by atoms with Crippen molar-refractivity contribution in [1.29, 1.82) is 0 Å². The van der Waals surface area contributed by atoms with Gasteiger partial charge in [0.25, 0.3) is 0 Å². The van der Waals surface area contributed by atoms with E-state index in [1.807, 2.05) is 0 Å². The molecule has 1 spiro atoms. The van der Waals surface area contributed by atoms with E-state index in [9.17, 15) is 4.79 Å². The molecule has 80 valence electrons. The summed E-state index contributed by atoms with van der Waals surface area (Å²) in [6.07, 6.45) is 2.64. The van der Waals surface area contributed by atoms with Crippen molar-refractivity contribution >= 4 is 5.91 Å². The van der Waals surface area contributed by atoms with E-state index in [1.165, 1.54) is 0 Å². The number of amides is 1. The molecule has 0 atom stereocenters. The Bertz CT molecular complexity index is 243. The van der Waals surface area contributed by atoms with Gasteiger partial charge in [0, 0.05) is 12.5 Å². The van der Waals surface area contributed by atoms with Gasteiger partial charge in [-0.3, -0.25) is 4.79 Å². The second-order valence-corrected chi connectivity index (χ2v) is 5.88. The zero-order valence-corrected chi connectivity index (χ0v) is 9.22. The number of rotatable bonds is 2. The van der Waals surface area contributed by atoms with Gasteiger partial charge in [-0.25, -0.2) is 0 Å². The summed E-state index contributed by atoms with van der Waals surface area (Å²) in [5, 5.41) is 3.05. The van der Waals surface area contributed by atoms with Gasteiger partial charge in [-0.2, -0.15) is 0 Å². The maximum atomic E-state index is 11.5. The quantitative estimate of drug-likeness (QED) is 0.681. The number of hydrogen-bond donors (Lipinski definition) is 1. The summed E-state index contributed by atoms with van der Waals surface area (Å²) >= 11 is 0. The van der Waals surface area contributed by atoms with Crippen molar-refractivity contribution < 1.29 is 9.53 Å². The lowest BCUT2D eigenvalue weighted by atomic mass is 9.80. The number of hydrogen-bond acceptors (Lipinski definition) is 2. The molecule has 1 aliphatic heterocycles. The fraction of sp³-hybridized carbons (Fsp3) is 0.909. The van der Waals surface area contributed by atoms with Gasteiger partial charge in [0.15, 0.2) is 0 Å². The monoisotopic (exact) mass is 197 g/mol. The smallest absolute Gasteiger partial charge is 0.220 e. The van der Waals surface area contributed by atoms with Crippen molar-refractivity contribution in [3.63, 3.8) is 0 Å². The third kappa shape index (κ3) is 2.27. The van der Waals surface area contributed by atoms with Crippen molar-refractivity contribution in [2.75, 3.05) is 6.61 Å². The number of ether oxygens (including phenoxy) is 1. The van der Waals surface area contributed by atoms with Gasteiger partial charge in [0.05, 0.1) is 12.2 Å². The van der Waals surface area contributed by atoms with Crippen LogP contribution in [0.2, 0.25) is 0 Å². The summed E-state index contributed by atoms with van der Waals surface area (Å²) in [4.78, 5) is 11.5. The molecule has 0 bridgehead atoms. The van der Waals surface area contributed by atoms with Crippen molar-refractivity contribution in [2.45, 2.75) is 51.7 Å². The molecule has 0 unspecified atom stereocenters. The Kier molecular flexibility index (Phi) is 2.11. The maximum Gasteiger partial charge on any atom is 0.220 e. The predicted molar refractivity (Wildman–Crippen MR) is 53.9 cm³/mol. The van der Waals surface area contributed by atoms with Crippen LogP contribution in [0.4, 0.5) is 0 Å². The highest BCUT2D eigenvalue weighted by Crippen LogP contribution is 2.46. The molecule has 1 heterocycles. The number of epoxide rings is 1. The number of carbonyl (C=O) groups excluding carboxylic acids is 1. The molecule has 0 radical (unpaired) electrons. The SMILES string of the molecule is CC(C)(C)CC(=O)NC1CC2(CO2)C1. The minimum atomic E-state index is 0.0849. The lowest BCUT2D eigenvalue weighted by Crippen LogP contribution is -2.49. The Morgan fingerprint density at radius 2 is 2.07 bits per heavy atom. The molecular weight excluding hydrogens is 178 g/mol. The molecule has 2 fully saturated rings. The molecular formula is C11H19NO2. The standard InChI is InChI=1S/C11H19NO2/c1-10(2,3)6-9(13)12-8-4-11(5-8)7-14-11/h8H,4-7H2,1-3H3,(H,12,13). The molecule has 0 aromatic carbocycles. The van der Waals surface area contributed by atoms with Crippen LogP contribution in [0.3, 0.4) is 0 Å². The number of carbonyl (C=O) groups is 1. The summed E-state index contributed by atoms with van der Waals surface area (Å²) in [5.41, 5.74) is 0.279. The van der Waals surface area contributed by atoms with Gasteiger partial charge in [-0.15, -0.1) is 0 Å². The molecule has 1 amide bonds. The lowest BCUT2D eigenvalue weighted by Gasteiger charge is -2.34. The van der Waals surface area contributed by atoms with Crippen LogP contribution in [0.15, 0.2) is 0 Å². The third-order valence-corrected chi connectivity index (χ3v) is 2.85. The Morgan fingerprint density at radius 1 is 1.50 bits per heavy atom. The van der Waals surface area contributed by atoms with Crippen LogP contribution in [-0.4, -0.2) is 24.2 Å². The molecule has 2 aliphatic rings. The summed E-state index contributed by atoms with van der Waals surface area (Å²) in [6, 6.07) is 0.368. The Morgan fingerprint density at radius 3 is 2.50 bits per heavy atom. The average molecular weight is 197 g/mol. The fourth-order valence-corrected chi connectivity index (χ4v) is 2.04. The van der Waals surface area contributed by atoms with Crippen LogP contribution in [0.25, 0.3) is 0 Å². The van der Waals surface area contributed by atoms with E-state index in [2.05, 4.69) is 26.1 Å². The van der Waals surface area contributed by atoms with Crippen LogP contribution in [0, 0.1) is 5.41 Å². The second-order valence-electron chi connectivity index (χ2n) is 5.88. The molecule has 1 saturated heterocycles. The maximum absolute atomic E-state index is 11.5. The van der Waals surface area contributed by atoms with Gasteiger partial charge < -0.3 is 10.1 Å². The first-order chi connectivity index (χ1) is 6.39. The van der Waals surface area contributed by atoms with E-state index >= 15 is 0 Å². The molecule has 1 N–H and O–H groups in total. The molecule has 0 aromatic rings. The Hall–Kier alpha value is -0.570. The highest BCUT2D eigenvalue weighted by Gasteiger charge is 2.55. The number of nitrogens with one attached hydrogen (secondary N) is 1. The summed E-state index contributed by atoms with van der Waals surface area (Å²) in [6.45, 7) is 7.15. The average Bonchev–Trinajstić information content (AvgIpc) is 2.60. The first kappa shape index (κ1) is 9.97. The summed E-state index contributed by atoms with van der Waals surface area (Å²) in [5.74, 6) is 0.179. The molecule has 0 aromatic heterocycles. The molecule has 1 aliphatic carbocycles. The fourth-order valence-electron chi connectivity index (χ4n) is 2.04. The van der Waals surface area contributed by atoms with Gasteiger partial charge >= 0.3 is 0 Å². The largest absolute Gasteiger partial charge is 0.369 e. The third-order valence-electron chi connectivity index (χ3n) is 2.85. The predicted octanol–water partition coefficient (Wildman–Crippen LogP) is 1.47. The van der Waals surface area contributed by atoms with Crippen LogP contribution in [0.5, 0.6) is 0 Å². The molecule has 3 nitrogen and oxygen atoms in total. The van der Waals surface area contributed by atoms with E-state index < -0.39 is 0 Å². The minimum absolute atomic E-state index is 0.0849. The van der Waals surface area contributed by atoms with Crippen LogP contribution in [-0.2, 0) is 9.53 Å². The van der Waals surface area contributed by atoms with Crippen LogP contribution < -0.4 is 5.32 Å². The first-order valence-electron chi connectivity index (χ1n) is 5.32.